The molecule has 1 aromatic carbocycles. The fraction of sp³-hybridized carbons (Fsp3) is 0.538. The first-order chi connectivity index (χ1) is 9.85. The number of piperidine rings is 1. The Morgan fingerprint density at radius 2 is 1.57 bits per heavy atom. The van der Waals surface area contributed by atoms with Crippen LogP contribution in [0.25, 0.3) is 0 Å². The zero-order chi connectivity index (χ0) is 15.2. The summed E-state index contributed by atoms with van der Waals surface area (Å²) in [5, 5.41) is 3.86. The number of halogens is 3. The molecule has 0 saturated carbocycles. The van der Waals surface area contributed by atoms with Crippen LogP contribution in [0.3, 0.4) is 0 Å². The Morgan fingerprint density at radius 1 is 1.05 bits per heavy atom. The molecule has 21 heavy (non-hydrogen) atoms. The molecule has 0 spiro atoms. The van der Waals surface area contributed by atoms with Gasteiger partial charge in [0.05, 0.1) is 10.0 Å². The lowest BCUT2D eigenvalue weighted by atomic mass is 10.0. The van der Waals surface area contributed by atoms with Crippen molar-refractivity contribution in [1.82, 2.24) is 10.0 Å². The summed E-state index contributed by atoms with van der Waals surface area (Å²) in [7, 11) is -3.76. The summed E-state index contributed by atoms with van der Waals surface area (Å²) in [4.78, 5) is -0.0962. The molecule has 0 aromatic heterocycles. The van der Waals surface area contributed by atoms with Crippen molar-refractivity contribution in [3.05, 3.63) is 27.2 Å². The summed E-state index contributed by atoms with van der Waals surface area (Å²) in [5.74, 6) is 0. The van der Waals surface area contributed by atoms with Crippen LogP contribution in [-0.2, 0) is 10.0 Å². The van der Waals surface area contributed by atoms with E-state index in [1.165, 1.54) is 12.1 Å². The van der Waals surface area contributed by atoms with E-state index in [9.17, 15) is 8.42 Å². The van der Waals surface area contributed by atoms with Gasteiger partial charge in [0.2, 0.25) is 10.0 Å². The Labute approximate surface area is 139 Å². The highest BCUT2D eigenvalue weighted by Crippen LogP contribution is 2.34. The maximum absolute atomic E-state index is 12.5. The van der Waals surface area contributed by atoms with Gasteiger partial charge < -0.3 is 5.32 Å². The van der Waals surface area contributed by atoms with Gasteiger partial charge in [0.25, 0.3) is 0 Å². The molecule has 4 nitrogen and oxygen atoms in total. The third-order valence-electron chi connectivity index (χ3n) is 4.03. The minimum atomic E-state index is -3.76. The zero-order valence-corrected chi connectivity index (χ0v) is 14.2. The van der Waals surface area contributed by atoms with Crippen LogP contribution in [0, 0.1) is 0 Å². The van der Waals surface area contributed by atoms with Gasteiger partial charge in [-0.15, -0.1) is 0 Å². The minimum Gasteiger partial charge on any atom is -0.311 e. The predicted molar refractivity (Wildman–Crippen MR) is 84.8 cm³/mol. The molecule has 0 radical (unpaired) electrons. The van der Waals surface area contributed by atoms with Gasteiger partial charge in [-0.05, 0) is 37.8 Å². The zero-order valence-electron chi connectivity index (χ0n) is 11.1. The summed E-state index contributed by atoms with van der Waals surface area (Å²) in [5.41, 5.74) is 0. The topological polar surface area (TPSA) is 58.2 Å². The van der Waals surface area contributed by atoms with Crippen molar-refractivity contribution in [2.24, 2.45) is 0 Å². The molecule has 2 unspecified atom stereocenters. The number of benzene rings is 1. The van der Waals surface area contributed by atoms with Crippen LogP contribution in [0.4, 0.5) is 0 Å². The maximum atomic E-state index is 12.5. The van der Waals surface area contributed by atoms with Crippen LogP contribution in [0.1, 0.15) is 25.7 Å². The molecule has 2 atom stereocenters. The molecule has 0 aliphatic carbocycles. The number of hydrogen-bond donors (Lipinski definition) is 2. The molecule has 8 heteroatoms. The lowest BCUT2D eigenvalue weighted by Crippen LogP contribution is -2.48. The molecule has 2 saturated heterocycles. The molecule has 116 valence electrons. The number of fused-ring (bicyclic) bond motifs is 2. The number of rotatable bonds is 3. The summed E-state index contributed by atoms with van der Waals surface area (Å²) < 4.78 is 27.8. The van der Waals surface area contributed by atoms with Gasteiger partial charge >= 0.3 is 0 Å². The molecule has 2 heterocycles. The van der Waals surface area contributed by atoms with Crippen molar-refractivity contribution >= 4 is 44.8 Å². The Morgan fingerprint density at radius 3 is 2.10 bits per heavy atom. The van der Waals surface area contributed by atoms with E-state index in [0.717, 1.165) is 25.7 Å². The van der Waals surface area contributed by atoms with Gasteiger partial charge in [-0.2, -0.15) is 0 Å². The summed E-state index contributed by atoms with van der Waals surface area (Å²) in [6, 6.07) is 3.47. The first-order valence-electron chi connectivity index (χ1n) is 6.78. The second-order valence-electron chi connectivity index (χ2n) is 5.63. The van der Waals surface area contributed by atoms with Gasteiger partial charge in [-0.25, -0.2) is 13.1 Å². The van der Waals surface area contributed by atoms with E-state index in [1.54, 1.807) is 0 Å². The van der Waals surface area contributed by atoms with Crippen molar-refractivity contribution in [3.63, 3.8) is 0 Å². The van der Waals surface area contributed by atoms with E-state index in [0.29, 0.717) is 17.1 Å². The van der Waals surface area contributed by atoms with E-state index in [4.69, 9.17) is 34.8 Å². The number of sulfonamides is 1. The summed E-state index contributed by atoms with van der Waals surface area (Å²) >= 11 is 17.8. The molecule has 3 rings (SSSR count). The standard InChI is InChI=1S/C13H15Cl3N2O2S/c14-7-3-11(15)13(12(16)4-7)21(19,20)18-10-5-8-1-2-9(6-10)17-8/h3-4,8-10,17-18H,1-2,5-6H2. The van der Waals surface area contributed by atoms with Crippen molar-refractivity contribution in [3.8, 4) is 0 Å². The average Bonchev–Trinajstić information content (AvgIpc) is 2.66. The predicted octanol–water partition coefficient (Wildman–Crippen LogP) is 3.21. The highest BCUT2D eigenvalue weighted by atomic mass is 35.5. The van der Waals surface area contributed by atoms with Crippen molar-refractivity contribution in [2.75, 3.05) is 0 Å². The quantitative estimate of drug-likeness (QED) is 0.860. The van der Waals surface area contributed by atoms with E-state index < -0.39 is 10.0 Å². The highest BCUT2D eigenvalue weighted by molar-refractivity contribution is 7.89. The largest absolute Gasteiger partial charge is 0.311 e. The minimum absolute atomic E-state index is 0.0388. The van der Waals surface area contributed by atoms with Gasteiger partial charge in [-0.3, -0.25) is 0 Å². The van der Waals surface area contributed by atoms with Crippen LogP contribution in [-0.4, -0.2) is 26.5 Å². The highest BCUT2D eigenvalue weighted by Gasteiger charge is 2.36. The molecule has 2 N–H and O–H groups in total. The number of hydrogen-bond acceptors (Lipinski definition) is 3. The lowest BCUT2D eigenvalue weighted by Gasteiger charge is -2.29. The second-order valence-corrected chi connectivity index (χ2v) is 8.53. The van der Waals surface area contributed by atoms with Crippen LogP contribution in [0.15, 0.2) is 17.0 Å². The first kappa shape index (κ1) is 15.8. The molecule has 2 aliphatic rings. The molecule has 2 bridgehead atoms. The van der Waals surface area contributed by atoms with Crippen molar-refractivity contribution in [2.45, 2.75) is 48.7 Å². The third-order valence-corrected chi connectivity index (χ3v) is 6.69. The van der Waals surface area contributed by atoms with Crippen LogP contribution >= 0.6 is 34.8 Å². The van der Waals surface area contributed by atoms with E-state index in [-0.39, 0.29) is 21.0 Å². The Hall–Kier alpha value is -0.0400. The Bertz CT molecular complexity index is 630. The fourth-order valence-corrected chi connectivity index (χ4v) is 6.02. The normalized spacial score (nSPS) is 28.8. The number of nitrogens with one attached hydrogen (secondary N) is 2. The molecule has 1 aromatic rings. The summed E-state index contributed by atoms with van der Waals surface area (Å²) in [6.07, 6.45) is 3.79. The Balaban J connectivity index is 1.84. The Kier molecular flexibility index (Phi) is 4.43. The smallest absolute Gasteiger partial charge is 0.243 e. The molecule has 2 aliphatic heterocycles. The van der Waals surface area contributed by atoms with Crippen LogP contribution in [0.5, 0.6) is 0 Å². The van der Waals surface area contributed by atoms with Gasteiger partial charge in [0, 0.05) is 23.1 Å². The average molecular weight is 370 g/mol. The van der Waals surface area contributed by atoms with E-state index in [2.05, 4.69) is 10.0 Å². The maximum Gasteiger partial charge on any atom is 0.243 e. The SMILES string of the molecule is O=S(=O)(NC1CC2CCC(C1)N2)c1c(Cl)cc(Cl)cc1Cl. The fourth-order valence-electron chi connectivity index (χ4n) is 3.22. The van der Waals surface area contributed by atoms with E-state index in [1.807, 2.05) is 0 Å². The molecule has 0 amide bonds. The van der Waals surface area contributed by atoms with E-state index >= 15 is 0 Å². The molecular weight excluding hydrogens is 355 g/mol. The lowest BCUT2D eigenvalue weighted by molar-refractivity contribution is 0.345. The monoisotopic (exact) mass is 368 g/mol. The van der Waals surface area contributed by atoms with Crippen molar-refractivity contribution < 1.29 is 8.42 Å². The molecule has 2 fully saturated rings. The summed E-state index contributed by atoms with van der Waals surface area (Å²) in [6.45, 7) is 0. The van der Waals surface area contributed by atoms with Gasteiger partial charge in [0.15, 0.2) is 0 Å². The second kappa shape index (κ2) is 5.87. The van der Waals surface area contributed by atoms with Crippen molar-refractivity contribution in [1.29, 1.82) is 0 Å². The van der Waals surface area contributed by atoms with Crippen LogP contribution < -0.4 is 10.0 Å². The molecular formula is C13H15Cl3N2O2S. The van der Waals surface area contributed by atoms with Gasteiger partial charge in [-0.1, -0.05) is 34.8 Å². The third kappa shape index (κ3) is 3.33. The first-order valence-corrected chi connectivity index (χ1v) is 9.40. The van der Waals surface area contributed by atoms with Crippen LogP contribution in [0.2, 0.25) is 15.1 Å². The van der Waals surface area contributed by atoms with Gasteiger partial charge in [0.1, 0.15) is 4.90 Å².